The van der Waals surface area contributed by atoms with E-state index in [1.807, 2.05) is 42.5 Å². The van der Waals surface area contributed by atoms with Gasteiger partial charge in [0.1, 0.15) is 0 Å². The van der Waals surface area contributed by atoms with E-state index < -0.39 is 0 Å². The van der Waals surface area contributed by atoms with Crippen molar-refractivity contribution in [1.29, 1.82) is 0 Å². The summed E-state index contributed by atoms with van der Waals surface area (Å²) in [7, 11) is 0. The van der Waals surface area contributed by atoms with Crippen molar-refractivity contribution in [2.45, 2.75) is 13.2 Å². The molecule has 0 radical (unpaired) electrons. The largest absolute Gasteiger partial charge is 0.399 e. The van der Waals surface area contributed by atoms with E-state index in [-0.39, 0.29) is 0 Å². The van der Waals surface area contributed by atoms with E-state index in [2.05, 4.69) is 22.0 Å². The molecular weight excluding hydrogens is 278 g/mol. The van der Waals surface area contributed by atoms with E-state index in [0.717, 1.165) is 21.3 Å². The monoisotopic (exact) mass is 291 g/mol. The van der Waals surface area contributed by atoms with Crippen molar-refractivity contribution in [3.63, 3.8) is 0 Å². The van der Waals surface area contributed by atoms with Crippen LogP contribution in [0, 0.1) is 0 Å². The molecule has 2 rings (SSSR count). The van der Waals surface area contributed by atoms with Gasteiger partial charge in [-0.3, -0.25) is 0 Å². The molecule has 0 heterocycles. The molecule has 0 aromatic heterocycles. The van der Waals surface area contributed by atoms with Gasteiger partial charge in [0.15, 0.2) is 0 Å². The molecule has 0 bridgehead atoms. The Bertz CT molecular complexity index is 454. The van der Waals surface area contributed by atoms with Gasteiger partial charge in [0.05, 0.1) is 13.2 Å². The topological polar surface area (TPSA) is 35.2 Å². The Morgan fingerprint density at radius 2 is 1.59 bits per heavy atom. The number of halogens is 1. The minimum atomic E-state index is 0.581. The summed E-state index contributed by atoms with van der Waals surface area (Å²) in [5.74, 6) is 0. The fourth-order valence-corrected chi connectivity index (χ4v) is 2.04. The van der Waals surface area contributed by atoms with Gasteiger partial charge in [-0.15, -0.1) is 0 Å². The average molecular weight is 292 g/mol. The third-order valence-electron chi connectivity index (χ3n) is 2.38. The fraction of sp³-hybridized carbons (Fsp3) is 0.143. The van der Waals surface area contributed by atoms with Crippen LogP contribution >= 0.6 is 15.9 Å². The molecule has 0 aliphatic heterocycles. The lowest BCUT2D eigenvalue weighted by molar-refractivity contribution is 0.107. The summed E-state index contributed by atoms with van der Waals surface area (Å²) >= 11 is 3.44. The Labute approximate surface area is 110 Å². The molecule has 0 saturated carbocycles. The maximum absolute atomic E-state index is 5.70. The zero-order chi connectivity index (χ0) is 12.1. The highest BCUT2D eigenvalue weighted by Crippen LogP contribution is 2.13. The van der Waals surface area contributed by atoms with E-state index in [0.29, 0.717) is 13.2 Å². The number of rotatable bonds is 4. The molecule has 2 aromatic carbocycles. The predicted octanol–water partition coefficient (Wildman–Crippen LogP) is 3.75. The number of benzene rings is 2. The first-order valence-corrected chi connectivity index (χ1v) is 6.20. The fourth-order valence-electron chi connectivity index (χ4n) is 1.60. The van der Waals surface area contributed by atoms with Gasteiger partial charge in [-0.2, -0.15) is 0 Å². The van der Waals surface area contributed by atoms with Crippen LogP contribution in [-0.4, -0.2) is 0 Å². The Morgan fingerprint density at radius 3 is 2.24 bits per heavy atom. The summed E-state index contributed by atoms with van der Waals surface area (Å²) in [6.45, 7) is 1.19. The van der Waals surface area contributed by atoms with Gasteiger partial charge in [0.25, 0.3) is 0 Å². The number of hydrogen-bond acceptors (Lipinski definition) is 2. The van der Waals surface area contributed by atoms with Crippen LogP contribution < -0.4 is 5.73 Å². The molecule has 2 nitrogen and oxygen atoms in total. The number of nitrogen functional groups attached to an aromatic ring is 1. The zero-order valence-electron chi connectivity index (χ0n) is 9.40. The van der Waals surface area contributed by atoms with Crippen LogP contribution in [0.1, 0.15) is 11.1 Å². The molecule has 2 N–H and O–H groups in total. The second kappa shape index (κ2) is 5.84. The van der Waals surface area contributed by atoms with Gasteiger partial charge in [0, 0.05) is 10.2 Å². The number of anilines is 1. The molecule has 0 unspecified atom stereocenters. The summed E-state index contributed by atoms with van der Waals surface area (Å²) in [4.78, 5) is 0. The third kappa shape index (κ3) is 3.88. The normalized spacial score (nSPS) is 10.4. The van der Waals surface area contributed by atoms with Crippen LogP contribution in [0.5, 0.6) is 0 Å². The molecule has 3 heteroatoms. The highest BCUT2D eigenvalue weighted by molar-refractivity contribution is 9.10. The first kappa shape index (κ1) is 12.1. The Kier molecular flexibility index (Phi) is 4.18. The summed E-state index contributed by atoms with van der Waals surface area (Å²) < 4.78 is 6.71. The number of hydrogen-bond donors (Lipinski definition) is 1. The van der Waals surface area contributed by atoms with E-state index in [1.54, 1.807) is 0 Å². The number of nitrogens with two attached hydrogens (primary N) is 1. The van der Waals surface area contributed by atoms with Gasteiger partial charge in [-0.05, 0) is 35.4 Å². The molecule has 0 aliphatic carbocycles. The molecule has 88 valence electrons. The van der Waals surface area contributed by atoms with Crippen molar-refractivity contribution in [2.75, 3.05) is 5.73 Å². The first-order valence-electron chi connectivity index (χ1n) is 5.40. The standard InChI is InChI=1S/C14H14BrNO/c15-13-5-1-3-11(7-13)9-17-10-12-4-2-6-14(16)8-12/h1-8H,9-10,16H2. The Morgan fingerprint density at radius 1 is 0.941 bits per heavy atom. The van der Waals surface area contributed by atoms with E-state index >= 15 is 0 Å². The summed E-state index contributed by atoms with van der Waals surface area (Å²) in [5.41, 5.74) is 8.72. The van der Waals surface area contributed by atoms with E-state index in [1.165, 1.54) is 0 Å². The Balaban J connectivity index is 1.87. The second-order valence-corrected chi connectivity index (χ2v) is 4.78. The van der Waals surface area contributed by atoms with Crippen LogP contribution in [-0.2, 0) is 18.0 Å². The van der Waals surface area contributed by atoms with Crippen molar-refractivity contribution in [3.8, 4) is 0 Å². The molecule has 0 fully saturated rings. The van der Waals surface area contributed by atoms with E-state index in [4.69, 9.17) is 10.5 Å². The third-order valence-corrected chi connectivity index (χ3v) is 2.87. The first-order chi connectivity index (χ1) is 8.24. The van der Waals surface area contributed by atoms with Crippen LogP contribution in [0.25, 0.3) is 0 Å². The van der Waals surface area contributed by atoms with Crippen molar-refractivity contribution in [2.24, 2.45) is 0 Å². The zero-order valence-corrected chi connectivity index (χ0v) is 11.0. The summed E-state index contributed by atoms with van der Waals surface area (Å²) in [5, 5.41) is 0. The maximum atomic E-state index is 5.70. The molecule has 0 amide bonds. The van der Waals surface area contributed by atoms with Gasteiger partial charge < -0.3 is 10.5 Å². The summed E-state index contributed by atoms with van der Waals surface area (Å²) in [6, 6.07) is 15.9. The number of ether oxygens (including phenoxy) is 1. The summed E-state index contributed by atoms with van der Waals surface area (Å²) in [6.07, 6.45) is 0. The van der Waals surface area contributed by atoms with Crippen LogP contribution in [0.2, 0.25) is 0 Å². The maximum Gasteiger partial charge on any atom is 0.0722 e. The lowest BCUT2D eigenvalue weighted by Crippen LogP contribution is -1.95. The van der Waals surface area contributed by atoms with Crippen LogP contribution in [0.4, 0.5) is 5.69 Å². The molecule has 0 aliphatic rings. The van der Waals surface area contributed by atoms with Crippen molar-refractivity contribution >= 4 is 21.6 Å². The highest BCUT2D eigenvalue weighted by Gasteiger charge is 1.96. The molecule has 0 saturated heterocycles. The smallest absolute Gasteiger partial charge is 0.0722 e. The molecular formula is C14H14BrNO. The van der Waals surface area contributed by atoms with Crippen molar-refractivity contribution < 1.29 is 4.74 Å². The molecule has 0 atom stereocenters. The van der Waals surface area contributed by atoms with E-state index in [9.17, 15) is 0 Å². The minimum absolute atomic E-state index is 0.581. The SMILES string of the molecule is Nc1cccc(COCc2cccc(Br)c2)c1. The highest BCUT2D eigenvalue weighted by atomic mass is 79.9. The van der Waals surface area contributed by atoms with Gasteiger partial charge >= 0.3 is 0 Å². The van der Waals surface area contributed by atoms with Gasteiger partial charge in [0.2, 0.25) is 0 Å². The lowest BCUT2D eigenvalue weighted by Gasteiger charge is -2.05. The minimum Gasteiger partial charge on any atom is -0.399 e. The van der Waals surface area contributed by atoms with Crippen molar-refractivity contribution in [1.82, 2.24) is 0 Å². The van der Waals surface area contributed by atoms with Crippen LogP contribution in [0.15, 0.2) is 53.0 Å². The lowest BCUT2D eigenvalue weighted by atomic mass is 10.2. The average Bonchev–Trinajstić information content (AvgIpc) is 2.29. The molecule has 0 spiro atoms. The Hall–Kier alpha value is -1.32. The molecule has 2 aromatic rings. The van der Waals surface area contributed by atoms with Gasteiger partial charge in [-0.25, -0.2) is 0 Å². The quantitative estimate of drug-likeness (QED) is 0.871. The second-order valence-electron chi connectivity index (χ2n) is 3.87. The van der Waals surface area contributed by atoms with Crippen molar-refractivity contribution in [3.05, 3.63) is 64.1 Å². The van der Waals surface area contributed by atoms with Crippen LogP contribution in [0.3, 0.4) is 0 Å². The molecule has 17 heavy (non-hydrogen) atoms. The van der Waals surface area contributed by atoms with Gasteiger partial charge in [-0.1, -0.05) is 40.2 Å². The predicted molar refractivity (Wildman–Crippen MR) is 73.5 cm³/mol.